The molecule has 0 bridgehead atoms. The summed E-state index contributed by atoms with van der Waals surface area (Å²) in [5, 5.41) is 9.58. The second-order valence-corrected chi connectivity index (χ2v) is 14.8. The van der Waals surface area contributed by atoms with Gasteiger partial charge in [0.15, 0.2) is 28.8 Å². The van der Waals surface area contributed by atoms with E-state index in [1.807, 2.05) is 78.9 Å². The summed E-state index contributed by atoms with van der Waals surface area (Å²) in [4.78, 5) is 10.4. The van der Waals surface area contributed by atoms with Gasteiger partial charge in [0.1, 0.15) is 0 Å². The lowest BCUT2D eigenvalue weighted by molar-refractivity contribution is 0.361. The number of hydrogen-bond donors (Lipinski definition) is 0. The zero-order valence-electron chi connectivity index (χ0n) is 31.7. The van der Waals surface area contributed by atoms with Gasteiger partial charge in [-0.05, 0) is 81.4 Å². The number of nitrogens with zero attached hydrogens (tertiary/aromatic N) is 3. The van der Waals surface area contributed by atoms with Gasteiger partial charge in [0.25, 0.3) is 0 Å². The second kappa shape index (κ2) is 13.8. The number of aromatic nitrogens is 2. The largest absolute Gasteiger partial charge is 0.449 e. The van der Waals surface area contributed by atoms with Crippen LogP contribution in [0.2, 0.25) is 0 Å². The highest BCUT2D eigenvalue weighted by Gasteiger charge is 2.48. The number of fused-ring (bicyclic) bond motifs is 6. The Balaban J connectivity index is 1.09. The summed E-state index contributed by atoms with van der Waals surface area (Å²) in [5.74, 6) is 2.97. The van der Waals surface area contributed by atoms with Gasteiger partial charge in [-0.3, -0.25) is 0 Å². The Hall–Kier alpha value is -8.07. The minimum atomic E-state index is -0.584. The van der Waals surface area contributed by atoms with Crippen LogP contribution < -0.4 is 9.47 Å². The Morgan fingerprint density at radius 2 is 1.00 bits per heavy atom. The molecule has 0 amide bonds. The molecule has 59 heavy (non-hydrogen) atoms. The maximum atomic E-state index is 9.58. The zero-order chi connectivity index (χ0) is 39.3. The van der Waals surface area contributed by atoms with Crippen molar-refractivity contribution >= 4 is 0 Å². The minimum Gasteiger partial charge on any atom is -0.449 e. The normalized spacial score (nSPS) is 12.8. The van der Waals surface area contributed by atoms with Crippen LogP contribution in [0.5, 0.6) is 23.0 Å². The lowest BCUT2D eigenvalue weighted by Gasteiger charge is -2.34. The van der Waals surface area contributed by atoms with Crippen molar-refractivity contribution in [1.29, 1.82) is 5.26 Å². The van der Waals surface area contributed by atoms with E-state index in [1.54, 1.807) is 0 Å². The van der Waals surface area contributed by atoms with Gasteiger partial charge in [-0.25, -0.2) is 9.97 Å². The molecule has 0 saturated heterocycles. The third kappa shape index (κ3) is 5.54. The molecule has 1 aromatic heterocycles. The first-order chi connectivity index (χ1) is 29.2. The van der Waals surface area contributed by atoms with Gasteiger partial charge in [0.05, 0.1) is 34.0 Å². The summed E-state index contributed by atoms with van der Waals surface area (Å²) in [7, 11) is 0. The molecule has 1 aliphatic carbocycles. The standard InChI is InChI=1S/C54H33N3O2/c55-34-35-15-12-18-37(31-35)38-19-13-20-39(32-38)47-33-46(36-16-4-1-5-17-36)56-53(57-47)43-26-14-28-48-51(43)59-52-49(58-48)30-29-45-50(52)42-25-10-11-27-44(42)54(45,40-21-6-2-7-22-40)41-23-8-3-9-24-41/h1-33H. The van der Waals surface area contributed by atoms with Gasteiger partial charge in [-0.15, -0.1) is 0 Å². The predicted molar refractivity (Wildman–Crippen MR) is 232 cm³/mol. The minimum absolute atomic E-state index is 0.512. The van der Waals surface area contributed by atoms with E-state index in [9.17, 15) is 5.26 Å². The van der Waals surface area contributed by atoms with Crippen LogP contribution in [0.25, 0.3) is 56.2 Å². The molecule has 0 saturated carbocycles. The first-order valence-corrected chi connectivity index (χ1v) is 19.6. The average Bonchev–Trinajstić information content (AvgIpc) is 3.63. The Kier molecular flexibility index (Phi) is 8.02. The van der Waals surface area contributed by atoms with Gasteiger partial charge >= 0.3 is 0 Å². The van der Waals surface area contributed by atoms with Crippen molar-refractivity contribution in [2.45, 2.75) is 5.41 Å². The van der Waals surface area contributed by atoms with Gasteiger partial charge in [0.2, 0.25) is 0 Å². The van der Waals surface area contributed by atoms with E-state index in [1.165, 1.54) is 16.7 Å². The van der Waals surface area contributed by atoms with Crippen molar-refractivity contribution < 1.29 is 9.47 Å². The molecule has 0 fully saturated rings. The molecule has 5 nitrogen and oxygen atoms in total. The lowest BCUT2D eigenvalue weighted by atomic mass is 9.68. The summed E-state index contributed by atoms with van der Waals surface area (Å²) in [6.45, 7) is 0. The van der Waals surface area contributed by atoms with Crippen molar-refractivity contribution in [2.75, 3.05) is 0 Å². The van der Waals surface area contributed by atoms with Crippen molar-refractivity contribution in [2.24, 2.45) is 0 Å². The predicted octanol–water partition coefficient (Wildman–Crippen LogP) is 13.3. The number of hydrogen-bond acceptors (Lipinski definition) is 5. The van der Waals surface area contributed by atoms with Crippen LogP contribution in [0.15, 0.2) is 200 Å². The van der Waals surface area contributed by atoms with Crippen molar-refractivity contribution in [3.8, 4) is 85.2 Å². The summed E-state index contributed by atoms with van der Waals surface area (Å²) in [6, 6.07) is 70.6. The first-order valence-electron chi connectivity index (χ1n) is 19.6. The molecule has 11 rings (SSSR count). The number of benzene rings is 8. The van der Waals surface area contributed by atoms with Gasteiger partial charge in [-0.1, -0.05) is 158 Å². The fourth-order valence-electron chi connectivity index (χ4n) is 8.86. The van der Waals surface area contributed by atoms with Crippen molar-refractivity contribution in [1.82, 2.24) is 9.97 Å². The van der Waals surface area contributed by atoms with Gasteiger partial charge in [-0.2, -0.15) is 5.26 Å². The van der Waals surface area contributed by atoms with Crippen LogP contribution in [0, 0.1) is 11.3 Å². The van der Waals surface area contributed by atoms with Crippen LogP contribution in [0.3, 0.4) is 0 Å². The molecule has 5 heteroatoms. The van der Waals surface area contributed by atoms with Crippen molar-refractivity contribution in [3.63, 3.8) is 0 Å². The van der Waals surface area contributed by atoms with Gasteiger partial charge < -0.3 is 9.47 Å². The lowest BCUT2D eigenvalue weighted by Crippen LogP contribution is -2.28. The Labute approximate surface area is 342 Å². The Morgan fingerprint density at radius 3 is 1.75 bits per heavy atom. The highest BCUT2D eigenvalue weighted by Crippen LogP contribution is 2.62. The molecule has 1 aliphatic heterocycles. The summed E-state index contributed by atoms with van der Waals surface area (Å²) >= 11 is 0. The Bertz CT molecular complexity index is 3080. The third-order valence-electron chi connectivity index (χ3n) is 11.5. The van der Waals surface area contributed by atoms with E-state index in [4.69, 9.17) is 19.4 Å². The van der Waals surface area contributed by atoms with E-state index in [-0.39, 0.29) is 0 Å². The van der Waals surface area contributed by atoms with E-state index in [0.29, 0.717) is 39.9 Å². The summed E-state index contributed by atoms with van der Waals surface area (Å²) < 4.78 is 14.0. The molecule has 8 aromatic carbocycles. The Morgan fingerprint density at radius 1 is 0.424 bits per heavy atom. The third-order valence-corrected chi connectivity index (χ3v) is 11.5. The maximum absolute atomic E-state index is 9.58. The smallest absolute Gasteiger partial charge is 0.181 e. The second-order valence-electron chi connectivity index (χ2n) is 14.8. The zero-order valence-corrected chi connectivity index (χ0v) is 31.7. The average molecular weight is 756 g/mol. The summed E-state index contributed by atoms with van der Waals surface area (Å²) in [5.41, 5.74) is 12.9. The molecule has 2 aliphatic rings. The topological polar surface area (TPSA) is 68.0 Å². The van der Waals surface area contributed by atoms with Crippen LogP contribution in [0.1, 0.15) is 27.8 Å². The van der Waals surface area contributed by atoms with Crippen LogP contribution in [-0.2, 0) is 5.41 Å². The highest BCUT2D eigenvalue weighted by atomic mass is 16.6. The molecular weight excluding hydrogens is 723 g/mol. The molecule has 0 spiro atoms. The molecule has 0 atom stereocenters. The fourth-order valence-corrected chi connectivity index (χ4v) is 8.86. The van der Waals surface area contributed by atoms with E-state index >= 15 is 0 Å². The number of rotatable bonds is 6. The van der Waals surface area contributed by atoms with Gasteiger partial charge in [0, 0.05) is 16.7 Å². The quantitative estimate of drug-likeness (QED) is 0.169. The van der Waals surface area contributed by atoms with E-state index in [0.717, 1.165) is 50.3 Å². The van der Waals surface area contributed by atoms with Crippen LogP contribution >= 0.6 is 0 Å². The first kappa shape index (κ1) is 34.2. The fraction of sp³-hybridized carbons (Fsp3) is 0.0185. The molecule has 2 heterocycles. The molecule has 9 aromatic rings. The van der Waals surface area contributed by atoms with Crippen LogP contribution in [-0.4, -0.2) is 9.97 Å². The number of ether oxygens (including phenoxy) is 2. The van der Waals surface area contributed by atoms with E-state index in [2.05, 4.69) is 127 Å². The van der Waals surface area contributed by atoms with E-state index < -0.39 is 5.41 Å². The number of para-hydroxylation sites is 1. The molecule has 0 N–H and O–H groups in total. The maximum Gasteiger partial charge on any atom is 0.181 e. The van der Waals surface area contributed by atoms with Crippen molar-refractivity contribution in [3.05, 3.63) is 228 Å². The molecule has 0 radical (unpaired) electrons. The summed E-state index contributed by atoms with van der Waals surface area (Å²) in [6.07, 6.45) is 0. The van der Waals surface area contributed by atoms with Crippen LogP contribution in [0.4, 0.5) is 0 Å². The molecular formula is C54H33N3O2. The molecule has 0 unspecified atom stereocenters. The highest BCUT2D eigenvalue weighted by molar-refractivity contribution is 5.92. The molecule has 276 valence electrons. The monoisotopic (exact) mass is 755 g/mol. The SMILES string of the molecule is N#Cc1cccc(-c2cccc(-c3cc(-c4ccccc4)nc(-c4cccc5c4Oc4c(ccc6c4-c4ccccc4C6(c4ccccc4)c4ccccc4)O5)n3)c2)c1. The number of nitriles is 1.